The highest BCUT2D eigenvalue weighted by Crippen LogP contribution is 2.49. The van der Waals surface area contributed by atoms with Crippen LogP contribution in [0.3, 0.4) is 0 Å². The molecule has 5 nitrogen and oxygen atoms in total. The lowest BCUT2D eigenvalue weighted by molar-refractivity contribution is -0.137. The van der Waals surface area contributed by atoms with Crippen LogP contribution in [0.25, 0.3) is 0 Å². The molecule has 32 heavy (non-hydrogen) atoms. The summed E-state index contributed by atoms with van der Waals surface area (Å²) in [5.41, 5.74) is 6.11. The Balaban J connectivity index is 1.78. The van der Waals surface area contributed by atoms with Gasteiger partial charge in [0.15, 0.2) is 5.78 Å². The summed E-state index contributed by atoms with van der Waals surface area (Å²) < 4.78 is 0. The van der Waals surface area contributed by atoms with Gasteiger partial charge >= 0.3 is 0 Å². The highest BCUT2D eigenvalue weighted by Gasteiger charge is 2.47. The zero-order valence-electron chi connectivity index (χ0n) is 20.0. The number of aryl methyl sites for hydroxylation is 2. The molecule has 0 radical (unpaired) electrons. The van der Waals surface area contributed by atoms with E-state index in [4.69, 9.17) is 4.84 Å². The Hall–Kier alpha value is -2.29. The van der Waals surface area contributed by atoms with E-state index in [1.165, 1.54) is 7.11 Å². The van der Waals surface area contributed by atoms with Crippen LogP contribution in [-0.2, 0) is 19.2 Å². The van der Waals surface area contributed by atoms with Crippen LogP contribution in [0.15, 0.2) is 12.1 Å². The zero-order valence-corrected chi connectivity index (χ0v) is 20.0. The molecule has 1 spiro atoms. The predicted octanol–water partition coefficient (Wildman–Crippen LogP) is 4.37. The summed E-state index contributed by atoms with van der Waals surface area (Å²) >= 11 is 0. The highest BCUT2D eigenvalue weighted by atomic mass is 16.6. The van der Waals surface area contributed by atoms with Crippen LogP contribution in [0.1, 0.15) is 87.0 Å². The lowest BCUT2D eigenvalue weighted by atomic mass is 9.63. The van der Waals surface area contributed by atoms with Crippen LogP contribution < -0.4 is 5.48 Å². The van der Waals surface area contributed by atoms with Gasteiger partial charge in [0.1, 0.15) is 17.5 Å². The Bertz CT molecular complexity index is 927. The average molecular weight is 438 g/mol. The minimum absolute atomic E-state index is 0.0287. The Morgan fingerprint density at radius 1 is 1.12 bits per heavy atom. The van der Waals surface area contributed by atoms with Crippen LogP contribution in [-0.4, -0.2) is 30.5 Å². The fourth-order valence-electron chi connectivity index (χ4n) is 5.85. The molecule has 0 aliphatic heterocycles. The Labute approximate surface area is 191 Å². The Kier molecular flexibility index (Phi) is 7.69. The highest BCUT2D eigenvalue weighted by molar-refractivity contribution is 6.10. The van der Waals surface area contributed by atoms with E-state index < -0.39 is 5.92 Å². The lowest BCUT2D eigenvalue weighted by Crippen LogP contribution is -2.40. The third-order valence-electron chi connectivity index (χ3n) is 7.30. The fraction of sp³-hybridized carbons (Fsp3) is 0.593. The number of hydroxylamine groups is 1. The summed E-state index contributed by atoms with van der Waals surface area (Å²) in [4.78, 5) is 44.4. The number of hydrogen-bond acceptors (Lipinski definition) is 5. The largest absolute Gasteiger partial charge is 0.304 e. The molecule has 0 bridgehead atoms. The molecule has 2 atom stereocenters. The third-order valence-corrected chi connectivity index (χ3v) is 7.30. The monoisotopic (exact) mass is 437 g/mol. The molecule has 2 unspecified atom stereocenters. The standard InChI is InChI=1S/C27H35NO4/c1-6-8-20-13-17(2)24(18(3)14-20)25-22(29)15-27(16-23(25)30)11-7-9-21(10-12-27)26(31)19(4)28-32-5/h13-14,19,21,25,28H,7,9-12,15-16H2,1-5H3. The van der Waals surface area contributed by atoms with E-state index in [1.54, 1.807) is 6.92 Å². The van der Waals surface area contributed by atoms with Crippen LogP contribution in [0, 0.1) is 37.0 Å². The van der Waals surface area contributed by atoms with Gasteiger partial charge < -0.3 is 4.84 Å². The van der Waals surface area contributed by atoms with Crippen molar-refractivity contribution in [3.63, 3.8) is 0 Å². The third kappa shape index (κ3) is 5.03. The van der Waals surface area contributed by atoms with Gasteiger partial charge in [0.05, 0.1) is 13.2 Å². The van der Waals surface area contributed by atoms with Crippen LogP contribution in [0.5, 0.6) is 0 Å². The maximum atomic E-state index is 13.4. The molecule has 172 valence electrons. The Morgan fingerprint density at radius 3 is 2.31 bits per heavy atom. The van der Waals surface area contributed by atoms with E-state index in [2.05, 4.69) is 17.3 Å². The number of hydrogen-bond donors (Lipinski definition) is 1. The molecule has 2 aliphatic carbocycles. The molecular weight excluding hydrogens is 402 g/mol. The van der Waals surface area contributed by atoms with E-state index >= 15 is 0 Å². The maximum Gasteiger partial charge on any atom is 0.154 e. The van der Waals surface area contributed by atoms with Gasteiger partial charge in [-0.3, -0.25) is 14.4 Å². The van der Waals surface area contributed by atoms with Gasteiger partial charge in [-0.15, -0.1) is 5.92 Å². The summed E-state index contributed by atoms with van der Waals surface area (Å²) in [5.74, 6) is 5.46. The molecule has 3 rings (SSSR count). The van der Waals surface area contributed by atoms with Crippen molar-refractivity contribution in [2.24, 2.45) is 11.3 Å². The summed E-state index contributed by atoms with van der Waals surface area (Å²) in [6.45, 7) is 7.54. The molecular formula is C27H35NO4. The molecule has 2 aliphatic rings. The van der Waals surface area contributed by atoms with Crippen molar-refractivity contribution in [2.45, 2.75) is 84.6 Å². The molecule has 1 aromatic rings. The number of nitrogens with one attached hydrogen (secondary N) is 1. The second-order valence-corrected chi connectivity index (χ2v) is 9.69. The summed E-state index contributed by atoms with van der Waals surface area (Å²) in [6.07, 6.45) is 4.82. The van der Waals surface area contributed by atoms with Gasteiger partial charge in [0.2, 0.25) is 0 Å². The SMILES string of the molecule is CC#Cc1cc(C)c(C2C(=O)CC3(CCCC(C(=O)C(C)NOC)CC3)CC2=O)c(C)c1. The Morgan fingerprint density at radius 2 is 1.75 bits per heavy atom. The number of Topliss-reactive ketones (excluding diaryl/α,β-unsaturated/α-hetero) is 3. The minimum Gasteiger partial charge on any atom is -0.304 e. The molecule has 1 N–H and O–H groups in total. The first-order valence-electron chi connectivity index (χ1n) is 11.6. The first-order chi connectivity index (χ1) is 15.2. The molecule has 1 aromatic carbocycles. The molecule has 0 saturated heterocycles. The summed E-state index contributed by atoms with van der Waals surface area (Å²) in [7, 11) is 1.51. The molecule has 5 heteroatoms. The van der Waals surface area contributed by atoms with E-state index in [-0.39, 0.29) is 34.7 Å². The van der Waals surface area contributed by atoms with E-state index in [0.717, 1.165) is 54.4 Å². The first kappa shape index (κ1) is 24.4. The smallest absolute Gasteiger partial charge is 0.154 e. The van der Waals surface area contributed by atoms with Gasteiger partial charge in [-0.1, -0.05) is 12.3 Å². The van der Waals surface area contributed by atoms with Crippen molar-refractivity contribution < 1.29 is 19.2 Å². The quantitative estimate of drug-likeness (QED) is 0.421. The molecule has 0 aromatic heterocycles. The van der Waals surface area contributed by atoms with Crippen molar-refractivity contribution in [1.82, 2.24) is 5.48 Å². The summed E-state index contributed by atoms with van der Waals surface area (Å²) in [6, 6.07) is 3.59. The fourth-order valence-corrected chi connectivity index (χ4v) is 5.85. The van der Waals surface area contributed by atoms with Gasteiger partial charge in [0.25, 0.3) is 0 Å². The number of rotatable bonds is 5. The van der Waals surface area contributed by atoms with Gasteiger partial charge in [-0.25, -0.2) is 0 Å². The second-order valence-electron chi connectivity index (χ2n) is 9.69. The normalized spacial score (nSPS) is 26.9. The van der Waals surface area contributed by atoms with Crippen molar-refractivity contribution in [1.29, 1.82) is 0 Å². The first-order valence-corrected chi connectivity index (χ1v) is 11.6. The summed E-state index contributed by atoms with van der Waals surface area (Å²) in [5, 5.41) is 0. The van der Waals surface area contributed by atoms with Crippen LogP contribution in [0.2, 0.25) is 0 Å². The zero-order chi connectivity index (χ0) is 23.5. The number of carbonyl (C=O) groups excluding carboxylic acids is 3. The van der Waals surface area contributed by atoms with Crippen molar-refractivity contribution in [3.8, 4) is 11.8 Å². The topological polar surface area (TPSA) is 72.5 Å². The average Bonchev–Trinajstić information content (AvgIpc) is 2.91. The van der Waals surface area contributed by atoms with E-state index in [1.807, 2.05) is 32.9 Å². The van der Waals surface area contributed by atoms with Gasteiger partial charge in [-0.2, -0.15) is 5.48 Å². The maximum absolute atomic E-state index is 13.4. The van der Waals surface area contributed by atoms with E-state index in [9.17, 15) is 14.4 Å². The molecule has 0 amide bonds. The van der Waals surface area contributed by atoms with Crippen LogP contribution in [0.4, 0.5) is 0 Å². The van der Waals surface area contributed by atoms with Crippen LogP contribution >= 0.6 is 0 Å². The molecule has 2 fully saturated rings. The van der Waals surface area contributed by atoms with Crippen molar-refractivity contribution in [2.75, 3.05) is 7.11 Å². The van der Waals surface area contributed by atoms with E-state index in [0.29, 0.717) is 12.8 Å². The lowest BCUT2D eigenvalue weighted by Gasteiger charge is -2.38. The predicted molar refractivity (Wildman–Crippen MR) is 124 cm³/mol. The molecule has 2 saturated carbocycles. The minimum atomic E-state index is -0.670. The number of benzene rings is 1. The van der Waals surface area contributed by atoms with Crippen molar-refractivity contribution in [3.05, 3.63) is 34.4 Å². The second kappa shape index (κ2) is 10.1. The van der Waals surface area contributed by atoms with Gasteiger partial charge in [-0.05, 0) is 87.6 Å². The number of carbonyl (C=O) groups is 3. The van der Waals surface area contributed by atoms with Crippen molar-refractivity contribution >= 4 is 17.3 Å². The van der Waals surface area contributed by atoms with Gasteiger partial charge in [0, 0.05) is 24.3 Å². The molecule has 0 heterocycles. The number of ketones is 3.